The summed E-state index contributed by atoms with van der Waals surface area (Å²) in [6, 6.07) is 0. The molecular weight excluding hydrogens is 354 g/mol. The Morgan fingerprint density at radius 3 is 1.08 bits per heavy atom. The molecule has 148 valence electrons. The Morgan fingerprint density at radius 2 is 0.885 bits per heavy atom. The normalized spacial score (nSPS) is 10.1. The molecule has 0 aliphatic carbocycles. The van der Waals surface area contributed by atoms with Crippen LogP contribution in [0.5, 0.6) is 0 Å². The SMILES string of the molecule is C=C[CH2][Al]([CH2]C=C)[O]CCN(C)C.C=C[CH2][Al]([CH2]C=C)[O]CCN(C)C. The Bertz CT molecular complexity index is 310. The van der Waals surface area contributed by atoms with E-state index in [2.05, 4.69) is 64.3 Å². The first-order valence-electron chi connectivity index (χ1n) is 9.37. The molecular formula is C20H40Al2N2O2. The summed E-state index contributed by atoms with van der Waals surface area (Å²) in [5.41, 5.74) is 0. The minimum atomic E-state index is -1.06. The van der Waals surface area contributed by atoms with Crippen LogP contribution in [-0.4, -0.2) is 93.3 Å². The fraction of sp³-hybridized carbons (Fsp3) is 0.600. The van der Waals surface area contributed by atoms with Crippen molar-refractivity contribution < 1.29 is 7.58 Å². The van der Waals surface area contributed by atoms with Crippen LogP contribution in [0.1, 0.15) is 0 Å². The molecule has 0 spiro atoms. The Hall–Kier alpha value is -0.135. The van der Waals surface area contributed by atoms with Gasteiger partial charge < -0.3 is 17.4 Å². The average molecular weight is 395 g/mol. The summed E-state index contributed by atoms with van der Waals surface area (Å²) in [5.74, 6) is 0. The molecule has 0 aromatic rings. The van der Waals surface area contributed by atoms with Crippen LogP contribution in [0.25, 0.3) is 0 Å². The van der Waals surface area contributed by atoms with Crippen molar-refractivity contribution in [2.24, 2.45) is 0 Å². The fourth-order valence-corrected chi connectivity index (χ4v) is 5.31. The Morgan fingerprint density at radius 1 is 0.615 bits per heavy atom. The van der Waals surface area contributed by atoms with Crippen molar-refractivity contribution in [3.63, 3.8) is 0 Å². The second-order valence-corrected chi connectivity index (χ2v) is 11.7. The lowest BCUT2D eigenvalue weighted by molar-refractivity contribution is 0.262. The Kier molecular flexibility index (Phi) is 22.9. The van der Waals surface area contributed by atoms with E-state index in [1.165, 1.54) is 0 Å². The molecule has 0 bridgehead atoms. The summed E-state index contributed by atoms with van der Waals surface area (Å²) in [6.45, 7) is 18.6. The predicted octanol–water partition coefficient (Wildman–Crippen LogP) is 3.86. The summed E-state index contributed by atoms with van der Waals surface area (Å²) in [7, 11) is 8.23. The first-order chi connectivity index (χ1) is 12.4. The fourth-order valence-electron chi connectivity index (χ4n) is 2.01. The van der Waals surface area contributed by atoms with Crippen molar-refractivity contribution in [2.75, 3.05) is 54.5 Å². The van der Waals surface area contributed by atoms with Crippen LogP contribution in [0.15, 0.2) is 50.6 Å². The number of likely N-dealkylation sites (N-methyl/N-ethyl adjacent to an activating group) is 2. The van der Waals surface area contributed by atoms with E-state index < -0.39 is 29.0 Å². The van der Waals surface area contributed by atoms with Crippen molar-refractivity contribution in [3.8, 4) is 0 Å². The molecule has 0 heterocycles. The van der Waals surface area contributed by atoms with Crippen LogP contribution >= 0.6 is 0 Å². The summed E-state index contributed by atoms with van der Waals surface area (Å²) in [4.78, 5) is 4.26. The lowest BCUT2D eigenvalue weighted by atomic mass is 10.6. The molecule has 26 heavy (non-hydrogen) atoms. The van der Waals surface area contributed by atoms with E-state index >= 15 is 0 Å². The molecule has 0 fully saturated rings. The molecule has 0 aromatic carbocycles. The number of nitrogens with zero attached hydrogens (tertiary/aromatic N) is 2. The third-order valence-corrected chi connectivity index (χ3v) is 8.35. The maximum absolute atomic E-state index is 5.79. The number of hydrogen-bond donors (Lipinski definition) is 0. The second kappa shape index (κ2) is 21.2. The van der Waals surface area contributed by atoms with Gasteiger partial charge in [-0.05, 0) is 28.2 Å². The highest BCUT2D eigenvalue weighted by Crippen LogP contribution is 2.03. The first kappa shape index (κ1) is 28.1. The lowest BCUT2D eigenvalue weighted by Crippen LogP contribution is -2.24. The topological polar surface area (TPSA) is 24.9 Å². The average Bonchev–Trinajstić information content (AvgIpc) is 2.55. The maximum atomic E-state index is 5.79. The predicted molar refractivity (Wildman–Crippen MR) is 121 cm³/mol. The van der Waals surface area contributed by atoms with E-state index in [0.717, 1.165) is 47.4 Å². The van der Waals surface area contributed by atoms with Crippen LogP contribution in [0.3, 0.4) is 0 Å². The summed E-state index contributed by atoms with van der Waals surface area (Å²) in [5, 5.41) is 4.16. The molecule has 0 saturated heterocycles. The standard InChI is InChI=1S/2C4H10NO.4C3H5.2Al/c2*1-5(2)3-4-6;4*1-3-2;;/h2*3-4H2,1-2H3;4*3H,1-2H2;;/q2*-1;;;;;2*+1. The molecule has 6 heteroatoms. The van der Waals surface area contributed by atoms with Crippen molar-refractivity contribution in [2.45, 2.75) is 21.1 Å². The third-order valence-electron chi connectivity index (χ3n) is 3.50. The zero-order valence-electron chi connectivity index (χ0n) is 17.7. The van der Waals surface area contributed by atoms with Gasteiger partial charge in [-0.3, -0.25) is 0 Å². The number of allylic oxidation sites excluding steroid dienone is 4. The van der Waals surface area contributed by atoms with E-state index in [0.29, 0.717) is 0 Å². The summed E-state index contributed by atoms with van der Waals surface area (Å²) < 4.78 is 11.6. The number of hydrogen-bond acceptors (Lipinski definition) is 4. The minimum absolute atomic E-state index is 0.839. The van der Waals surface area contributed by atoms with Gasteiger partial charge in [0.1, 0.15) is 0 Å². The molecule has 0 atom stereocenters. The van der Waals surface area contributed by atoms with E-state index in [4.69, 9.17) is 7.58 Å². The van der Waals surface area contributed by atoms with Crippen LogP contribution in [-0.2, 0) is 7.58 Å². The van der Waals surface area contributed by atoms with Crippen molar-refractivity contribution >= 4 is 29.0 Å². The molecule has 0 aromatic heterocycles. The van der Waals surface area contributed by atoms with E-state index in [-0.39, 0.29) is 0 Å². The molecule has 0 unspecified atom stereocenters. The van der Waals surface area contributed by atoms with Gasteiger partial charge in [-0.15, -0.1) is 50.6 Å². The first-order valence-corrected chi connectivity index (χ1v) is 13.6. The molecule has 4 nitrogen and oxygen atoms in total. The van der Waals surface area contributed by atoms with Gasteiger partial charge >= 0.3 is 29.0 Å². The summed E-state index contributed by atoms with van der Waals surface area (Å²) in [6.07, 6.45) is 7.82. The molecule has 0 radical (unpaired) electrons. The highest BCUT2D eigenvalue weighted by Gasteiger charge is 2.16. The van der Waals surface area contributed by atoms with Crippen molar-refractivity contribution in [3.05, 3.63) is 50.6 Å². The zero-order valence-corrected chi connectivity index (χ0v) is 20.0. The highest BCUT2D eigenvalue weighted by molar-refractivity contribution is 6.53. The van der Waals surface area contributed by atoms with Crippen LogP contribution < -0.4 is 0 Å². The van der Waals surface area contributed by atoms with Gasteiger partial charge in [-0.2, -0.15) is 0 Å². The molecule has 0 aliphatic rings. The molecule has 0 amide bonds. The smallest absolute Gasteiger partial charge is 0.468 e. The van der Waals surface area contributed by atoms with Gasteiger partial charge in [-0.25, -0.2) is 0 Å². The molecule has 0 aliphatic heterocycles. The quantitative estimate of drug-likeness (QED) is 0.293. The van der Waals surface area contributed by atoms with Gasteiger partial charge in [0, 0.05) is 26.3 Å². The number of rotatable bonds is 16. The Balaban J connectivity index is 0. The van der Waals surface area contributed by atoms with Gasteiger partial charge in [0.15, 0.2) is 0 Å². The van der Waals surface area contributed by atoms with Crippen LogP contribution in [0.2, 0.25) is 21.1 Å². The molecule has 0 saturated carbocycles. The highest BCUT2D eigenvalue weighted by atomic mass is 27.2. The monoisotopic (exact) mass is 394 g/mol. The molecule has 0 rings (SSSR count). The maximum Gasteiger partial charge on any atom is 0.468 e. The van der Waals surface area contributed by atoms with Gasteiger partial charge in [-0.1, -0.05) is 21.1 Å². The third kappa shape index (κ3) is 21.9. The van der Waals surface area contributed by atoms with Gasteiger partial charge in [0.2, 0.25) is 0 Å². The minimum Gasteiger partial charge on any atom is -0.499 e. The van der Waals surface area contributed by atoms with Crippen molar-refractivity contribution in [1.29, 1.82) is 0 Å². The van der Waals surface area contributed by atoms with Crippen molar-refractivity contribution in [1.82, 2.24) is 9.80 Å². The summed E-state index contributed by atoms with van der Waals surface area (Å²) >= 11 is -2.11. The molecule has 0 N–H and O–H groups in total. The largest absolute Gasteiger partial charge is 0.499 e. The van der Waals surface area contributed by atoms with Crippen LogP contribution in [0.4, 0.5) is 0 Å². The van der Waals surface area contributed by atoms with E-state index in [1.54, 1.807) is 0 Å². The van der Waals surface area contributed by atoms with Gasteiger partial charge in [0.25, 0.3) is 0 Å². The van der Waals surface area contributed by atoms with E-state index in [1.807, 2.05) is 24.3 Å². The lowest BCUT2D eigenvalue weighted by Gasteiger charge is -2.13. The second-order valence-electron chi connectivity index (χ2n) is 6.69. The van der Waals surface area contributed by atoms with Gasteiger partial charge in [0.05, 0.1) is 0 Å². The van der Waals surface area contributed by atoms with E-state index in [9.17, 15) is 0 Å². The van der Waals surface area contributed by atoms with Crippen LogP contribution in [0, 0.1) is 0 Å². The Labute approximate surface area is 172 Å². The zero-order chi connectivity index (χ0) is 20.2.